The van der Waals surface area contributed by atoms with Crippen molar-refractivity contribution in [3.63, 3.8) is 0 Å². The summed E-state index contributed by atoms with van der Waals surface area (Å²) in [4.78, 5) is 28.5. The van der Waals surface area contributed by atoms with Crippen LogP contribution in [0.1, 0.15) is 44.7 Å². The Bertz CT molecular complexity index is 1170. The SMILES string of the molecule is CC[C@H](C)NC(=O)[C@H](CC)N(Cc1ccc(OC)cc1)C(=O)CN(c1cc(C)ccc1OC)S(C)(=O)=O. The van der Waals surface area contributed by atoms with Gasteiger partial charge in [-0.05, 0) is 62.1 Å². The van der Waals surface area contributed by atoms with Gasteiger partial charge in [-0.1, -0.05) is 32.0 Å². The number of rotatable bonds is 13. The van der Waals surface area contributed by atoms with Crippen LogP contribution in [0.4, 0.5) is 5.69 Å². The fourth-order valence-corrected chi connectivity index (χ4v) is 4.72. The predicted octanol–water partition coefficient (Wildman–Crippen LogP) is 3.50. The third kappa shape index (κ3) is 8.11. The van der Waals surface area contributed by atoms with Gasteiger partial charge >= 0.3 is 0 Å². The number of hydrogen-bond acceptors (Lipinski definition) is 6. The Morgan fingerprint density at radius 1 is 1.00 bits per heavy atom. The van der Waals surface area contributed by atoms with Gasteiger partial charge in [-0.25, -0.2) is 8.42 Å². The molecule has 0 spiro atoms. The van der Waals surface area contributed by atoms with Crippen LogP contribution in [-0.4, -0.2) is 64.2 Å². The van der Waals surface area contributed by atoms with E-state index in [1.165, 1.54) is 12.0 Å². The predicted molar refractivity (Wildman–Crippen MR) is 145 cm³/mol. The van der Waals surface area contributed by atoms with Crippen molar-refractivity contribution in [3.8, 4) is 11.5 Å². The van der Waals surface area contributed by atoms with E-state index in [4.69, 9.17) is 9.47 Å². The minimum Gasteiger partial charge on any atom is -0.497 e. The topological polar surface area (TPSA) is 105 Å². The summed E-state index contributed by atoms with van der Waals surface area (Å²) in [6.07, 6.45) is 2.14. The van der Waals surface area contributed by atoms with Crippen molar-refractivity contribution in [3.05, 3.63) is 53.6 Å². The summed E-state index contributed by atoms with van der Waals surface area (Å²) in [6.45, 7) is 7.15. The number of hydrogen-bond donors (Lipinski definition) is 1. The Balaban J connectivity index is 2.50. The molecule has 0 heterocycles. The van der Waals surface area contributed by atoms with Crippen molar-refractivity contribution < 1.29 is 27.5 Å². The van der Waals surface area contributed by atoms with Crippen LogP contribution in [0.15, 0.2) is 42.5 Å². The molecule has 9 nitrogen and oxygen atoms in total. The number of amides is 2. The molecule has 2 aromatic rings. The lowest BCUT2D eigenvalue weighted by Crippen LogP contribution is -2.53. The van der Waals surface area contributed by atoms with E-state index >= 15 is 0 Å². The van der Waals surface area contributed by atoms with Crippen molar-refractivity contribution in [2.24, 2.45) is 0 Å². The van der Waals surface area contributed by atoms with E-state index in [1.807, 2.05) is 39.8 Å². The van der Waals surface area contributed by atoms with Gasteiger partial charge in [0, 0.05) is 12.6 Å². The smallest absolute Gasteiger partial charge is 0.244 e. The van der Waals surface area contributed by atoms with Crippen LogP contribution >= 0.6 is 0 Å². The van der Waals surface area contributed by atoms with Gasteiger partial charge in [-0.3, -0.25) is 13.9 Å². The molecule has 10 heteroatoms. The molecule has 0 aliphatic rings. The van der Waals surface area contributed by atoms with Gasteiger partial charge in [0.15, 0.2) is 0 Å². The molecular weight excluding hydrogens is 494 g/mol. The minimum atomic E-state index is -3.86. The Labute approximate surface area is 220 Å². The van der Waals surface area contributed by atoms with Gasteiger partial charge in [0.1, 0.15) is 24.1 Å². The van der Waals surface area contributed by atoms with Gasteiger partial charge in [0.25, 0.3) is 0 Å². The number of nitrogens with one attached hydrogen (secondary N) is 1. The summed E-state index contributed by atoms with van der Waals surface area (Å²) < 4.78 is 37.4. The molecule has 37 heavy (non-hydrogen) atoms. The second kappa shape index (κ2) is 13.3. The lowest BCUT2D eigenvalue weighted by atomic mass is 10.1. The highest BCUT2D eigenvalue weighted by Gasteiger charge is 2.33. The fourth-order valence-electron chi connectivity index (χ4n) is 3.88. The Hall–Kier alpha value is -3.27. The number of sulfonamides is 1. The summed E-state index contributed by atoms with van der Waals surface area (Å²) in [5.41, 5.74) is 1.86. The molecule has 0 saturated heterocycles. The molecule has 0 bridgehead atoms. The summed E-state index contributed by atoms with van der Waals surface area (Å²) in [5.74, 6) is 0.207. The van der Waals surface area contributed by atoms with Crippen molar-refractivity contribution >= 4 is 27.5 Å². The molecule has 2 atom stereocenters. The first kappa shape index (κ1) is 30.0. The van der Waals surface area contributed by atoms with Gasteiger partial charge in [-0.2, -0.15) is 0 Å². The number of methoxy groups -OCH3 is 2. The first-order chi connectivity index (χ1) is 17.4. The van der Waals surface area contributed by atoms with Crippen LogP contribution < -0.4 is 19.1 Å². The molecule has 0 aliphatic heterocycles. The van der Waals surface area contributed by atoms with E-state index in [-0.39, 0.29) is 24.2 Å². The third-order valence-electron chi connectivity index (χ3n) is 6.18. The standard InChI is InChI=1S/C27H39N3O6S/c1-8-20(4)28-27(32)23(9-2)29(17-21-11-13-22(35-5)14-12-21)26(31)18-30(37(7,33)34)24-16-19(3)10-15-25(24)36-6/h10-16,20,23H,8-9,17-18H2,1-7H3,(H,28,32)/t20-,23-/m0/s1. The Kier molecular flexibility index (Phi) is 10.8. The Morgan fingerprint density at radius 3 is 2.16 bits per heavy atom. The second-order valence-electron chi connectivity index (χ2n) is 9.06. The number of nitrogens with zero attached hydrogens (tertiary/aromatic N) is 2. The molecule has 0 aliphatic carbocycles. The van der Waals surface area contributed by atoms with Crippen molar-refractivity contribution in [1.82, 2.24) is 10.2 Å². The van der Waals surface area contributed by atoms with Crippen LogP contribution in [0.3, 0.4) is 0 Å². The van der Waals surface area contributed by atoms with Crippen LogP contribution in [0.2, 0.25) is 0 Å². The van der Waals surface area contributed by atoms with Crippen molar-refractivity contribution in [1.29, 1.82) is 0 Å². The molecule has 0 unspecified atom stereocenters. The first-order valence-electron chi connectivity index (χ1n) is 12.3. The molecule has 1 N–H and O–H groups in total. The normalized spacial score (nSPS) is 12.8. The van der Waals surface area contributed by atoms with Crippen LogP contribution in [0.25, 0.3) is 0 Å². The number of carbonyl (C=O) groups excluding carboxylic acids is 2. The average molecular weight is 534 g/mol. The largest absolute Gasteiger partial charge is 0.497 e. The molecule has 204 valence electrons. The van der Waals surface area contributed by atoms with Gasteiger partial charge in [0.05, 0.1) is 26.2 Å². The quantitative estimate of drug-likeness (QED) is 0.423. The van der Waals surface area contributed by atoms with Crippen LogP contribution in [0, 0.1) is 6.92 Å². The van der Waals surface area contributed by atoms with Crippen LogP contribution in [0.5, 0.6) is 11.5 Å². The first-order valence-corrected chi connectivity index (χ1v) is 14.1. The average Bonchev–Trinajstić information content (AvgIpc) is 2.86. The molecule has 0 radical (unpaired) electrons. The van der Waals surface area contributed by atoms with Crippen molar-refractivity contribution in [2.45, 2.75) is 59.2 Å². The zero-order chi connectivity index (χ0) is 27.8. The summed E-state index contributed by atoms with van der Waals surface area (Å²) >= 11 is 0. The molecule has 2 aromatic carbocycles. The maximum atomic E-state index is 13.8. The second-order valence-corrected chi connectivity index (χ2v) is 11.0. The highest BCUT2D eigenvalue weighted by Crippen LogP contribution is 2.31. The number of benzene rings is 2. The molecule has 0 saturated carbocycles. The summed E-state index contributed by atoms with van der Waals surface area (Å²) in [6, 6.07) is 11.5. The van der Waals surface area contributed by atoms with E-state index in [1.54, 1.807) is 37.4 Å². The maximum Gasteiger partial charge on any atom is 0.244 e. The van der Waals surface area contributed by atoms with Crippen LogP contribution in [-0.2, 0) is 26.2 Å². The lowest BCUT2D eigenvalue weighted by molar-refractivity contribution is -0.140. The zero-order valence-electron chi connectivity index (χ0n) is 22.8. The molecular formula is C27H39N3O6S. The third-order valence-corrected chi connectivity index (χ3v) is 7.31. The molecule has 0 fully saturated rings. The van der Waals surface area contributed by atoms with Crippen molar-refractivity contribution in [2.75, 3.05) is 31.3 Å². The number of anilines is 1. The number of ether oxygens (including phenoxy) is 2. The molecule has 2 amide bonds. The van der Waals surface area contributed by atoms with Gasteiger partial charge in [0.2, 0.25) is 21.8 Å². The minimum absolute atomic E-state index is 0.0661. The van der Waals surface area contributed by atoms with E-state index in [0.717, 1.165) is 28.1 Å². The molecule has 2 rings (SSSR count). The highest BCUT2D eigenvalue weighted by molar-refractivity contribution is 7.92. The fraction of sp³-hybridized carbons (Fsp3) is 0.481. The zero-order valence-corrected chi connectivity index (χ0v) is 23.6. The highest BCUT2D eigenvalue weighted by atomic mass is 32.2. The van der Waals surface area contributed by atoms with E-state index < -0.39 is 28.5 Å². The molecule has 0 aromatic heterocycles. The van der Waals surface area contributed by atoms with Gasteiger partial charge in [-0.15, -0.1) is 0 Å². The van der Waals surface area contributed by atoms with E-state index in [0.29, 0.717) is 17.9 Å². The van der Waals surface area contributed by atoms with Gasteiger partial charge < -0.3 is 19.7 Å². The Morgan fingerprint density at radius 2 is 1.65 bits per heavy atom. The lowest BCUT2D eigenvalue weighted by Gasteiger charge is -2.33. The number of carbonyl (C=O) groups is 2. The summed E-state index contributed by atoms with van der Waals surface area (Å²) in [7, 11) is -0.855. The monoisotopic (exact) mass is 533 g/mol. The van der Waals surface area contributed by atoms with E-state index in [9.17, 15) is 18.0 Å². The summed E-state index contributed by atoms with van der Waals surface area (Å²) in [5, 5.41) is 2.96. The maximum absolute atomic E-state index is 13.8. The number of aryl methyl sites for hydroxylation is 1. The van der Waals surface area contributed by atoms with E-state index in [2.05, 4.69) is 5.32 Å².